The standard InChI is InChI=1S/C26H21N5O4/c1-34-20-9-5-8-18(14-20)31-25-22(29-26(31)33)21(23(27)32)28-24(30-25)17-10-12-19(13-11-17)35-15-16-6-3-2-4-7-16/h2-14H,15H2,1H3,(H2,27,32)(H,29,33). The van der Waals surface area contributed by atoms with E-state index >= 15 is 0 Å². The minimum absolute atomic E-state index is 0.0758. The van der Waals surface area contributed by atoms with Crippen molar-refractivity contribution in [3.63, 3.8) is 0 Å². The number of rotatable bonds is 7. The van der Waals surface area contributed by atoms with Crippen molar-refractivity contribution in [2.45, 2.75) is 6.61 Å². The van der Waals surface area contributed by atoms with Crippen LogP contribution in [0.15, 0.2) is 83.7 Å². The van der Waals surface area contributed by atoms with Crippen molar-refractivity contribution >= 4 is 17.1 Å². The van der Waals surface area contributed by atoms with E-state index in [1.54, 1.807) is 48.5 Å². The lowest BCUT2D eigenvalue weighted by Gasteiger charge is -2.09. The number of nitrogens with zero attached hydrogens (tertiary/aromatic N) is 3. The summed E-state index contributed by atoms with van der Waals surface area (Å²) >= 11 is 0. The molecule has 0 radical (unpaired) electrons. The normalized spacial score (nSPS) is 10.9. The fourth-order valence-electron chi connectivity index (χ4n) is 3.72. The lowest BCUT2D eigenvalue weighted by molar-refractivity contribution is 0.0997. The molecule has 0 atom stereocenters. The number of ether oxygens (including phenoxy) is 2. The van der Waals surface area contributed by atoms with E-state index in [9.17, 15) is 9.59 Å². The number of amides is 1. The number of nitrogens with two attached hydrogens (primary N) is 1. The Balaban J connectivity index is 1.55. The van der Waals surface area contributed by atoms with E-state index in [1.165, 1.54) is 11.7 Å². The summed E-state index contributed by atoms with van der Waals surface area (Å²) < 4.78 is 12.5. The molecule has 0 bridgehead atoms. The van der Waals surface area contributed by atoms with Crippen LogP contribution in [0.4, 0.5) is 0 Å². The average Bonchev–Trinajstić information content (AvgIpc) is 3.23. The maximum Gasteiger partial charge on any atom is 0.332 e. The first-order valence-corrected chi connectivity index (χ1v) is 10.8. The van der Waals surface area contributed by atoms with Crippen molar-refractivity contribution < 1.29 is 14.3 Å². The SMILES string of the molecule is COc1cccc(-n2c(=O)[nH]c3c(C(N)=O)nc(-c4ccc(OCc5ccccc5)cc4)nc32)c1. The van der Waals surface area contributed by atoms with Gasteiger partial charge in [-0.15, -0.1) is 0 Å². The summed E-state index contributed by atoms with van der Waals surface area (Å²) in [4.78, 5) is 36.6. The molecule has 0 fully saturated rings. The molecule has 9 heteroatoms. The Hall–Kier alpha value is -4.92. The van der Waals surface area contributed by atoms with Crippen LogP contribution in [0.25, 0.3) is 28.2 Å². The Labute approximate surface area is 199 Å². The monoisotopic (exact) mass is 467 g/mol. The number of fused-ring (bicyclic) bond motifs is 1. The molecule has 0 unspecified atom stereocenters. The number of aromatic amines is 1. The van der Waals surface area contributed by atoms with Crippen LogP contribution in [0.3, 0.4) is 0 Å². The zero-order valence-electron chi connectivity index (χ0n) is 18.8. The Morgan fingerprint density at radius 3 is 2.46 bits per heavy atom. The number of primary amides is 1. The summed E-state index contributed by atoms with van der Waals surface area (Å²) in [6.07, 6.45) is 0. The molecule has 2 aromatic heterocycles. The fraction of sp³-hybridized carbons (Fsp3) is 0.0769. The number of methoxy groups -OCH3 is 1. The Morgan fingerprint density at radius 2 is 1.74 bits per heavy atom. The predicted octanol–water partition coefficient (Wildman–Crippen LogP) is 3.46. The van der Waals surface area contributed by atoms with Crippen LogP contribution in [0.5, 0.6) is 11.5 Å². The van der Waals surface area contributed by atoms with Crippen molar-refractivity contribution in [1.82, 2.24) is 19.5 Å². The third-order valence-corrected chi connectivity index (χ3v) is 5.44. The first-order chi connectivity index (χ1) is 17.0. The van der Waals surface area contributed by atoms with Gasteiger partial charge in [0.05, 0.1) is 12.8 Å². The number of benzene rings is 3. The van der Waals surface area contributed by atoms with Gasteiger partial charge in [-0.25, -0.2) is 19.3 Å². The van der Waals surface area contributed by atoms with Crippen LogP contribution >= 0.6 is 0 Å². The van der Waals surface area contributed by atoms with E-state index in [0.29, 0.717) is 29.4 Å². The average molecular weight is 467 g/mol. The highest BCUT2D eigenvalue weighted by Gasteiger charge is 2.20. The van der Waals surface area contributed by atoms with Crippen LogP contribution in [0.2, 0.25) is 0 Å². The van der Waals surface area contributed by atoms with Gasteiger partial charge >= 0.3 is 5.69 Å². The minimum atomic E-state index is -0.777. The van der Waals surface area contributed by atoms with Gasteiger partial charge in [0, 0.05) is 11.6 Å². The first-order valence-electron chi connectivity index (χ1n) is 10.8. The van der Waals surface area contributed by atoms with Crippen LogP contribution in [-0.2, 0) is 6.61 Å². The highest BCUT2D eigenvalue weighted by atomic mass is 16.5. The lowest BCUT2D eigenvalue weighted by Crippen LogP contribution is -2.15. The third kappa shape index (κ3) is 4.34. The number of hydrogen-bond acceptors (Lipinski definition) is 6. The number of imidazole rings is 1. The molecule has 0 aliphatic heterocycles. The quantitative estimate of drug-likeness (QED) is 0.378. The first kappa shape index (κ1) is 21.9. The molecule has 9 nitrogen and oxygen atoms in total. The topological polar surface area (TPSA) is 125 Å². The second kappa shape index (κ2) is 9.14. The molecule has 5 rings (SSSR count). The number of hydrogen-bond donors (Lipinski definition) is 2. The van der Waals surface area contributed by atoms with Crippen LogP contribution in [-0.4, -0.2) is 32.5 Å². The molecule has 0 saturated carbocycles. The van der Waals surface area contributed by atoms with Crippen LogP contribution in [0, 0.1) is 0 Å². The summed E-state index contributed by atoms with van der Waals surface area (Å²) in [7, 11) is 1.54. The third-order valence-electron chi connectivity index (χ3n) is 5.44. The van der Waals surface area contributed by atoms with E-state index < -0.39 is 11.6 Å². The van der Waals surface area contributed by atoms with Gasteiger partial charge in [0.1, 0.15) is 23.6 Å². The van der Waals surface area contributed by atoms with Crippen LogP contribution in [0.1, 0.15) is 16.1 Å². The number of nitrogens with one attached hydrogen (secondary N) is 1. The number of carbonyl (C=O) groups is 1. The molecule has 35 heavy (non-hydrogen) atoms. The van der Waals surface area contributed by atoms with E-state index in [4.69, 9.17) is 15.2 Å². The zero-order chi connectivity index (χ0) is 24.4. The number of carbonyl (C=O) groups excluding carboxylic acids is 1. The van der Waals surface area contributed by atoms with Crippen molar-refractivity contribution in [3.8, 4) is 28.6 Å². The molecule has 0 aliphatic carbocycles. The van der Waals surface area contributed by atoms with Gasteiger partial charge in [-0.05, 0) is 42.0 Å². The molecule has 2 heterocycles. The van der Waals surface area contributed by atoms with Gasteiger partial charge < -0.3 is 20.2 Å². The van der Waals surface area contributed by atoms with Crippen molar-refractivity contribution in [1.29, 1.82) is 0 Å². The zero-order valence-corrected chi connectivity index (χ0v) is 18.8. The van der Waals surface area contributed by atoms with E-state index in [1.807, 2.05) is 30.3 Å². The van der Waals surface area contributed by atoms with Gasteiger partial charge in [0.2, 0.25) is 0 Å². The smallest absolute Gasteiger partial charge is 0.332 e. The van der Waals surface area contributed by atoms with Gasteiger partial charge in [0.15, 0.2) is 17.2 Å². The molecule has 3 N–H and O–H groups in total. The van der Waals surface area contributed by atoms with Crippen molar-refractivity contribution in [3.05, 3.63) is 101 Å². The van der Waals surface area contributed by atoms with Crippen LogP contribution < -0.4 is 20.9 Å². The molecular weight excluding hydrogens is 446 g/mol. The molecule has 1 amide bonds. The van der Waals surface area contributed by atoms with Gasteiger partial charge in [-0.2, -0.15) is 0 Å². The number of aromatic nitrogens is 4. The molecule has 0 saturated heterocycles. The fourth-order valence-corrected chi connectivity index (χ4v) is 3.72. The summed E-state index contributed by atoms with van der Waals surface area (Å²) in [6, 6.07) is 23.9. The largest absolute Gasteiger partial charge is 0.497 e. The molecule has 5 aromatic rings. The second-order valence-electron chi connectivity index (χ2n) is 7.72. The molecule has 0 spiro atoms. The Kier molecular flexibility index (Phi) is 5.72. The highest BCUT2D eigenvalue weighted by molar-refractivity contribution is 6.02. The van der Waals surface area contributed by atoms with E-state index in [-0.39, 0.29) is 22.7 Å². The molecule has 3 aromatic carbocycles. The maximum atomic E-state index is 12.8. The Morgan fingerprint density at radius 1 is 0.971 bits per heavy atom. The summed E-state index contributed by atoms with van der Waals surface area (Å²) in [5.41, 5.74) is 7.63. The molecule has 0 aliphatic rings. The van der Waals surface area contributed by atoms with Crippen molar-refractivity contribution in [2.24, 2.45) is 5.73 Å². The van der Waals surface area contributed by atoms with Crippen molar-refractivity contribution in [2.75, 3.05) is 7.11 Å². The van der Waals surface area contributed by atoms with Gasteiger partial charge in [-0.3, -0.25) is 4.79 Å². The summed E-state index contributed by atoms with van der Waals surface area (Å²) in [6.45, 7) is 0.435. The van der Waals surface area contributed by atoms with E-state index in [0.717, 1.165) is 5.56 Å². The number of H-pyrrole nitrogens is 1. The second-order valence-corrected chi connectivity index (χ2v) is 7.72. The summed E-state index contributed by atoms with van der Waals surface area (Å²) in [5.74, 6) is 0.708. The van der Waals surface area contributed by atoms with Gasteiger partial charge in [0.25, 0.3) is 5.91 Å². The molecule has 174 valence electrons. The summed E-state index contributed by atoms with van der Waals surface area (Å²) in [5, 5.41) is 0. The lowest BCUT2D eigenvalue weighted by atomic mass is 10.2. The minimum Gasteiger partial charge on any atom is -0.497 e. The van der Waals surface area contributed by atoms with Gasteiger partial charge in [-0.1, -0.05) is 36.4 Å². The highest BCUT2D eigenvalue weighted by Crippen LogP contribution is 2.25. The van der Waals surface area contributed by atoms with E-state index in [2.05, 4.69) is 15.0 Å². The molecular formula is C26H21N5O4. The maximum absolute atomic E-state index is 12.8. The predicted molar refractivity (Wildman–Crippen MR) is 131 cm³/mol. The Bertz CT molecular complexity index is 1570.